The van der Waals surface area contributed by atoms with Gasteiger partial charge in [-0.3, -0.25) is 14.3 Å². The lowest BCUT2D eigenvalue weighted by atomic mass is 10.2. The maximum absolute atomic E-state index is 12.0. The molecule has 110 valence electrons. The van der Waals surface area contributed by atoms with Crippen molar-refractivity contribution in [2.75, 3.05) is 13.6 Å². The van der Waals surface area contributed by atoms with Crippen LogP contribution in [-0.2, 0) is 18.4 Å². The molecule has 0 fully saturated rings. The zero-order chi connectivity index (χ0) is 15.2. The van der Waals surface area contributed by atoms with Crippen LogP contribution in [0.1, 0.15) is 15.9 Å². The number of benzene rings is 1. The number of aromatic nitrogens is 2. The molecule has 6 nitrogen and oxygen atoms in total. The standard InChI is InChI=1S/C15H18N4O2/c1-18(10-12-8-17-19(2)11-12)14(20)9-16-15(21)13-6-4-3-5-7-13/h3-8,11H,9-10H2,1-2H3,(H,16,21). The van der Waals surface area contributed by atoms with Crippen LogP contribution in [0.2, 0.25) is 0 Å². The first-order valence-electron chi connectivity index (χ1n) is 6.61. The van der Waals surface area contributed by atoms with Crippen molar-refractivity contribution < 1.29 is 9.59 Å². The maximum Gasteiger partial charge on any atom is 0.251 e. The topological polar surface area (TPSA) is 67.2 Å². The first-order chi connectivity index (χ1) is 10.1. The molecule has 2 rings (SSSR count). The van der Waals surface area contributed by atoms with Crippen LogP contribution in [0, 0.1) is 0 Å². The second-order valence-corrected chi connectivity index (χ2v) is 4.82. The molecule has 0 aliphatic carbocycles. The van der Waals surface area contributed by atoms with Crippen molar-refractivity contribution in [2.45, 2.75) is 6.54 Å². The lowest BCUT2D eigenvalue weighted by molar-refractivity contribution is -0.129. The number of amides is 2. The Labute approximate surface area is 123 Å². The highest BCUT2D eigenvalue weighted by Gasteiger charge is 2.12. The van der Waals surface area contributed by atoms with Gasteiger partial charge >= 0.3 is 0 Å². The van der Waals surface area contributed by atoms with E-state index in [2.05, 4.69) is 10.4 Å². The Morgan fingerprint density at radius 1 is 1.29 bits per heavy atom. The fraction of sp³-hybridized carbons (Fsp3) is 0.267. The zero-order valence-corrected chi connectivity index (χ0v) is 12.1. The van der Waals surface area contributed by atoms with E-state index in [9.17, 15) is 9.59 Å². The highest BCUT2D eigenvalue weighted by Crippen LogP contribution is 2.01. The van der Waals surface area contributed by atoms with Gasteiger partial charge < -0.3 is 10.2 Å². The summed E-state index contributed by atoms with van der Waals surface area (Å²) in [6.45, 7) is 0.443. The SMILES string of the molecule is CN(Cc1cnn(C)c1)C(=O)CNC(=O)c1ccccc1. The van der Waals surface area contributed by atoms with E-state index in [0.717, 1.165) is 5.56 Å². The van der Waals surface area contributed by atoms with E-state index in [1.54, 1.807) is 47.1 Å². The van der Waals surface area contributed by atoms with Gasteiger partial charge in [0, 0.05) is 38.0 Å². The van der Waals surface area contributed by atoms with E-state index in [4.69, 9.17) is 0 Å². The summed E-state index contributed by atoms with van der Waals surface area (Å²) in [6, 6.07) is 8.82. The van der Waals surface area contributed by atoms with Crippen molar-refractivity contribution in [3.05, 3.63) is 53.9 Å². The molecule has 2 amide bonds. The van der Waals surface area contributed by atoms with Gasteiger partial charge in [0.2, 0.25) is 5.91 Å². The molecule has 21 heavy (non-hydrogen) atoms. The molecule has 1 N–H and O–H groups in total. The molecule has 0 atom stereocenters. The molecule has 0 bridgehead atoms. The van der Waals surface area contributed by atoms with Crippen LogP contribution in [0.4, 0.5) is 0 Å². The van der Waals surface area contributed by atoms with Gasteiger partial charge in [-0.05, 0) is 12.1 Å². The number of hydrogen-bond acceptors (Lipinski definition) is 3. The zero-order valence-electron chi connectivity index (χ0n) is 12.1. The number of nitrogens with zero attached hydrogens (tertiary/aromatic N) is 3. The predicted octanol–water partition coefficient (Wildman–Crippen LogP) is 0.808. The average molecular weight is 286 g/mol. The lowest BCUT2D eigenvalue weighted by Crippen LogP contribution is -2.37. The molecular weight excluding hydrogens is 268 g/mol. The van der Waals surface area contributed by atoms with Crippen LogP contribution in [0.5, 0.6) is 0 Å². The van der Waals surface area contributed by atoms with Crippen LogP contribution < -0.4 is 5.32 Å². The van der Waals surface area contributed by atoms with Gasteiger partial charge in [-0.25, -0.2) is 0 Å². The van der Waals surface area contributed by atoms with Gasteiger partial charge in [-0.15, -0.1) is 0 Å². The normalized spacial score (nSPS) is 10.2. The average Bonchev–Trinajstić information content (AvgIpc) is 2.90. The van der Waals surface area contributed by atoms with Gasteiger partial charge in [-0.2, -0.15) is 5.10 Å². The maximum atomic E-state index is 12.0. The third kappa shape index (κ3) is 4.17. The fourth-order valence-corrected chi connectivity index (χ4v) is 1.90. The smallest absolute Gasteiger partial charge is 0.251 e. The molecule has 0 spiro atoms. The van der Waals surface area contributed by atoms with Crippen molar-refractivity contribution >= 4 is 11.8 Å². The molecule has 0 aliphatic rings. The van der Waals surface area contributed by atoms with Crippen LogP contribution >= 0.6 is 0 Å². The quantitative estimate of drug-likeness (QED) is 0.884. The minimum atomic E-state index is -0.251. The highest BCUT2D eigenvalue weighted by molar-refractivity contribution is 5.96. The minimum Gasteiger partial charge on any atom is -0.343 e. The number of carbonyl (C=O) groups is 2. The van der Waals surface area contributed by atoms with Crippen LogP contribution in [0.25, 0.3) is 0 Å². The van der Waals surface area contributed by atoms with E-state index in [1.165, 1.54) is 0 Å². The van der Waals surface area contributed by atoms with Crippen LogP contribution in [0.3, 0.4) is 0 Å². The summed E-state index contributed by atoms with van der Waals surface area (Å²) in [5.74, 6) is -0.401. The molecular formula is C15H18N4O2. The molecule has 0 saturated heterocycles. The summed E-state index contributed by atoms with van der Waals surface area (Å²) >= 11 is 0. The Morgan fingerprint density at radius 3 is 2.62 bits per heavy atom. The van der Waals surface area contributed by atoms with Crippen LogP contribution in [-0.4, -0.2) is 40.1 Å². The van der Waals surface area contributed by atoms with Crippen molar-refractivity contribution in [3.63, 3.8) is 0 Å². The van der Waals surface area contributed by atoms with Crippen molar-refractivity contribution in [3.8, 4) is 0 Å². The molecule has 0 unspecified atom stereocenters. The molecule has 1 heterocycles. The summed E-state index contributed by atoms with van der Waals surface area (Å²) in [4.78, 5) is 25.4. The van der Waals surface area contributed by atoms with Gasteiger partial charge in [-0.1, -0.05) is 18.2 Å². The molecule has 0 saturated carbocycles. The predicted molar refractivity (Wildman–Crippen MR) is 78.5 cm³/mol. The van der Waals surface area contributed by atoms with Crippen molar-refractivity contribution in [1.29, 1.82) is 0 Å². The second-order valence-electron chi connectivity index (χ2n) is 4.82. The number of aryl methyl sites for hydroxylation is 1. The summed E-state index contributed by atoms with van der Waals surface area (Å²) in [5, 5.41) is 6.67. The highest BCUT2D eigenvalue weighted by atomic mass is 16.2. The summed E-state index contributed by atoms with van der Waals surface area (Å²) < 4.78 is 1.69. The number of hydrogen-bond donors (Lipinski definition) is 1. The largest absolute Gasteiger partial charge is 0.343 e. The third-order valence-electron chi connectivity index (χ3n) is 3.04. The number of carbonyl (C=O) groups excluding carboxylic acids is 2. The van der Waals surface area contributed by atoms with E-state index in [-0.39, 0.29) is 18.4 Å². The number of rotatable bonds is 5. The molecule has 1 aromatic heterocycles. The number of likely N-dealkylation sites (N-methyl/N-ethyl adjacent to an activating group) is 1. The third-order valence-corrected chi connectivity index (χ3v) is 3.04. The molecule has 2 aromatic rings. The minimum absolute atomic E-state index is 0.0233. The Balaban J connectivity index is 1.82. The van der Waals surface area contributed by atoms with E-state index in [1.807, 2.05) is 19.3 Å². The Bertz CT molecular complexity index is 622. The Kier molecular flexibility index (Phi) is 4.71. The second kappa shape index (κ2) is 6.69. The van der Waals surface area contributed by atoms with Crippen molar-refractivity contribution in [2.24, 2.45) is 7.05 Å². The number of nitrogens with one attached hydrogen (secondary N) is 1. The summed E-state index contributed by atoms with van der Waals surface area (Å²) in [7, 11) is 3.52. The first-order valence-corrected chi connectivity index (χ1v) is 6.61. The first kappa shape index (κ1) is 14.8. The van der Waals surface area contributed by atoms with E-state index >= 15 is 0 Å². The van der Waals surface area contributed by atoms with Crippen molar-refractivity contribution in [1.82, 2.24) is 20.0 Å². The molecule has 1 aromatic carbocycles. The molecule has 0 aliphatic heterocycles. The molecule has 6 heteroatoms. The van der Waals surface area contributed by atoms with Gasteiger partial charge in [0.25, 0.3) is 5.91 Å². The van der Waals surface area contributed by atoms with Gasteiger partial charge in [0.1, 0.15) is 0 Å². The summed E-state index contributed by atoms with van der Waals surface area (Å²) in [5.41, 5.74) is 1.49. The van der Waals surface area contributed by atoms with Gasteiger partial charge in [0.15, 0.2) is 0 Å². The lowest BCUT2D eigenvalue weighted by Gasteiger charge is -2.16. The van der Waals surface area contributed by atoms with Gasteiger partial charge in [0.05, 0.1) is 12.7 Å². The van der Waals surface area contributed by atoms with E-state index in [0.29, 0.717) is 12.1 Å². The molecule has 0 radical (unpaired) electrons. The van der Waals surface area contributed by atoms with Crippen LogP contribution in [0.15, 0.2) is 42.7 Å². The van der Waals surface area contributed by atoms with E-state index < -0.39 is 0 Å². The Morgan fingerprint density at radius 2 is 2.00 bits per heavy atom. The Hall–Kier alpha value is -2.63. The summed E-state index contributed by atoms with van der Waals surface area (Å²) in [6.07, 6.45) is 3.57. The monoisotopic (exact) mass is 286 g/mol. The fourth-order valence-electron chi connectivity index (χ4n) is 1.90.